The van der Waals surface area contributed by atoms with Gasteiger partial charge in [0.1, 0.15) is 12.4 Å². The van der Waals surface area contributed by atoms with Gasteiger partial charge in [-0.15, -0.1) is 11.3 Å². The number of anilines is 1. The van der Waals surface area contributed by atoms with Crippen molar-refractivity contribution in [3.63, 3.8) is 0 Å². The Balaban J connectivity index is 1.73. The van der Waals surface area contributed by atoms with Gasteiger partial charge in [-0.1, -0.05) is 0 Å². The molecule has 0 atom stereocenters. The molecule has 0 radical (unpaired) electrons. The highest BCUT2D eigenvalue weighted by Crippen LogP contribution is 2.19. The van der Waals surface area contributed by atoms with Gasteiger partial charge in [-0.3, -0.25) is 4.40 Å². The van der Waals surface area contributed by atoms with Gasteiger partial charge in [0.25, 0.3) is 0 Å². The topological polar surface area (TPSA) is 69.6 Å². The van der Waals surface area contributed by atoms with E-state index in [-0.39, 0.29) is 17.9 Å². The number of halogens is 1. The molecule has 0 saturated heterocycles. The maximum absolute atomic E-state index is 13.6. The van der Waals surface area contributed by atoms with Crippen LogP contribution in [0.3, 0.4) is 0 Å². The zero-order valence-electron chi connectivity index (χ0n) is 11.2. The zero-order valence-corrected chi connectivity index (χ0v) is 12.0. The first-order valence-electron chi connectivity index (χ1n) is 6.18. The number of nitrogens with zero attached hydrogens (tertiary/aromatic N) is 2. The summed E-state index contributed by atoms with van der Waals surface area (Å²) in [5.74, 6) is -1.15. The Hall–Kier alpha value is -2.41. The summed E-state index contributed by atoms with van der Waals surface area (Å²) in [7, 11) is 0. The van der Waals surface area contributed by atoms with E-state index in [0.717, 1.165) is 11.0 Å². The van der Waals surface area contributed by atoms with E-state index in [1.165, 1.54) is 17.4 Å². The molecule has 0 fully saturated rings. The fourth-order valence-corrected chi connectivity index (χ4v) is 2.61. The van der Waals surface area contributed by atoms with Crippen molar-refractivity contribution in [3.05, 3.63) is 52.5 Å². The first-order valence-corrected chi connectivity index (χ1v) is 7.06. The molecule has 108 valence electrons. The second kappa shape index (κ2) is 5.17. The van der Waals surface area contributed by atoms with E-state index in [9.17, 15) is 9.18 Å². The standard InChI is InChI=1S/C14H12FN3O2S/c1-8-11(15)4-9(5-12(8)16)13(19)20-7-10-6-18-2-3-21-14(18)17-10/h2-6H,7,16H2,1H3. The lowest BCUT2D eigenvalue weighted by Gasteiger charge is -2.06. The highest BCUT2D eigenvalue weighted by molar-refractivity contribution is 7.15. The molecule has 21 heavy (non-hydrogen) atoms. The zero-order chi connectivity index (χ0) is 15.0. The van der Waals surface area contributed by atoms with Crippen LogP contribution in [0.25, 0.3) is 4.96 Å². The van der Waals surface area contributed by atoms with Gasteiger partial charge in [0.15, 0.2) is 4.96 Å². The molecule has 0 saturated carbocycles. The van der Waals surface area contributed by atoms with E-state index >= 15 is 0 Å². The van der Waals surface area contributed by atoms with Gasteiger partial charge in [-0.25, -0.2) is 14.2 Å². The van der Waals surface area contributed by atoms with Gasteiger partial charge in [0, 0.05) is 29.0 Å². The third kappa shape index (κ3) is 2.59. The molecule has 0 spiro atoms. The number of ether oxygens (including phenoxy) is 1. The minimum Gasteiger partial charge on any atom is -0.456 e. The smallest absolute Gasteiger partial charge is 0.338 e. The lowest BCUT2D eigenvalue weighted by atomic mass is 10.1. The second-order valence-electron chi connectivity index (χ2n) is 4.57. The van der Waals surface area contributed by atoms with Gasteiger partial charge in [0.05, 0.1) is 11.3 Å². The van der Waals surface area contributed by atoms with Crippen LogP contribution in [-0.4, -0.2) is 15.4 Å². The number of carbonyl (C=O) groups excluding carboxylic acids is 1. The number of hydrogen-bond donors (Lipinski definition) is 1. The molecular formula is C14H12FN3O2S. The minimum absolute atomic E-state index is 0.0304. The summed E-state index contributed by atoms with van der Waals surface area (Å²) >= 11 is 1.49. The van der Waals surface area contributed by atoms with Crippen molar-refractivity contribution in [2.24, 2.45) is 0 Å². The molecular weight excluding hydrogens is 293 g/mol. The van der Waals surface area contributed by atoms with Crippen LogP contribution >= 0.6 is 11.3 Å². The molecule has 1 aromatic carbocycles. The molecule has 2 aromatic heterocycles. The molecule has 0 bridgehead atoms. The molecule has 0 aliphatic carbocycles. The van der Waals surface area contributed by atoms with Crippen LogP contribution in [0.4, 0.5) is 10.1 Å². The van der Waals surface area contributed by atoms with E-state index in [0.29, 0.717) is 11.3 Å². The van der Waals surface area contributed by atoms with E-state index in [1.54, 1.807) is 13.1 Å². The lowest BCUT2D eigenvalue weighted by molar-refractivity contribution is 0.0468. The van der Waals surface area contributed by atoms with Crippen LogP contribution in [-0.2, 0) is 11.3 Å². The minimum atomic E-state index is -0.628. The Kier molecular flexibility index (Phi) is 3.34. The summed E-state index contributed by atoms with van der Waals surface area (Å²) < 4.78 is 20.5. The first-order chi connectivity index (χ1) is 10.0. The van der Waals surface area contributed by atoms with Crippen molar-refractivity contribution in [1.29, 1.82) is 0 Å². The predicted octanol–water partition coefficient (Wildman–Crippen LogP) is 2.78. The Bertz CT molecular complexity index is 773. The van der Waals surface area contributed by atoms with Crippen LogP contribution in [0.1, 0.15) is 21.6 Å². The van der Waals surface area contributed by atoms with E-state index in [1.807, 2.05) is 16.0 Å². The number of nitrogen functional groups attached to an aromatic ring is 1. The molecule has 3 rings (SSSR count). The normalized spacial score (nSPS) is 11.0. The molecule has 0 amide bonds. The van der Waals surface area contributed by atoms with Crippen molar-refractivity contribution >= 4 is 28.0 Å². The van der Waals surface area contributed by atoms with E-state index in [2.05, 4.69) is 4.98 Å². The predicted molar refractivity (Wildman–Crippen MR) is 77.7 cm³/mol. The number of aromatic nitrogens is 2. The SMILES string of the molecule is Cc1c(N)cc(C(=O)OCc2cn3ccsc3n2)cc1F. The highest BCUT2D eigenvalue weighted by atomic mass is 32.1. The molecule has 7 heteroatoms. The van der Waals surface area contributed by atoms with Crippen LogP contribution in [0.15, 0.2) is 29.9 Å². The Labute approximate surface area is 123 Å². The van der Waals surface area contributed by atoms with Gasteiger partial charge in [-0.2, -0.15) is 0 Å². The van der Waals surface area contributed by atoms with Gasteiger partial charge < -0.3 is 10.5 Å². The third-order valence-electron chi connectivity index (χ3n) is 3.11. The van der Waals surface area contributed by atoms with Crippen LogP contribution < -0.4 is 5.73 Å². The monoisotopic (exact) mass is 305 g/mol. The van der Waals surface area contributed by atoms with Crippen LogP contribution in [0.2, 0.25) is 0 Å². The number of rotatable bonds is 3. The molecule has 5 nitrogen and oxygen atoms in total. The van der Waals surface area contributed by atoms with Gasteiger partial charge in [-0.05, 0) is 19.1 Å². The van der Waals surface area contributed by atoms with E-state index < -0.39 is 11.8 Å². The average Bonchev–Trinajstić information content (AvgIpc) is 3.02. The van der Waals surface area contributed by atoms with Crippen LogP contribution in [0, 0.1) is 12.7 Å². The molecule has 2 heterocycles. The Morgan fingerprint density at radius 3 is 3.05 bits per heavy atom. The number of carbonyl (C=O) groups is 1. The van der Waals surface area contributed by atoms with Gasteiger partial charge >= 0.3 is 5.97 Å². The Morgan fingerprint density at radius 1 is 1.52 bits per heavy atom. The molecule has 0 unspecified atom stereocenters. The van der Waals surface area contributed by atoms with Gasteiger partial charge in [0.2, 0.25) is 0 Å². The molecule has 2 N–H and O–H groups in total. The number of esters is 1. The summed E-state index contributed by atoms with van der Waals surface area (Å²) in [6, 6.07) is 2.53. The number of nitrogens with two attached hydrogens (primary N) is 1. The first kappa shape index (κ1) is 13.6. The maximum Gasteiger partial charge on any atom is 0.338 e. The summed E-state index contributed by atoms with van der Waals surface area (Å²) in [6.45, 7) is 1.58. The summed E-state index contributed by atoms with van der Waals surface area (Å²) in [5.41, 5.74) is 6.92. The summed E-state index contributed by atoms with van der Waals surface area (Å²) in [6.07, 6.45) is 3.65. The van der Waals surface area contributed by atoms with E-state index in [4.69, 9.17) is 10.5 Å². The number of benzene rings is 1. The van der Waals surface area contributed by atoms with Crippen molar-refractivity contribution in [2.45, 2.75) is 13.5 Å². The highest BCUT2D eigenvalue weighted by Gasteiger charge is 2.13. The number of hydrogen-bond acceptors (Lipinski definition) is 5. The Morgan fingerprint density at radius 2 is 2.33 bits per heavy atom. The maximum atomic E-state index is 13.6. The number of imidazole rings is 1. The number of thiazole rings is 1. The van der Waals surface area contributed by atoms with Crippen molar-refractivity contribution in [2.75, 3.05) is 5.73 Å². The van der Waals surface area contributed by atoms with Crippen LogP contribution in [0.5, 0.6) is 0 Å². The fraction of sp³-hybridized carbons (Fsp3) is 0.143. The third-order valence-corrected chi connectivity index (χ3v) is 3.89. The lowest BCUT2D eigenvalue weighted by Crippen LogP contribution is -2.07. The second-order valence-corrected chi connectivity index (χ2v) is 5.45. The quantitative estimate of drug-likeness (QED) is 0.597. The molecule has 0 aliphatic rings. The summed E-state index contributed by atoms with van der Waals surface area (Å²) in [5, 5.41) is 1.91. The number of fused-ring (bicyclic) bond motifs is 1. The summed E-state index contributed by atoms with van der Waals surface area (Å²) in [4.78, 5) is 17.0. The fourth-order valence-electron chi connectivity index (χ4n) is 1.89. The van der Waals surface area contributed by atoms with Crippen molar-refractivity contribution < 1.29 is 13.9 Å². The molecule has 3 aromatic rings. The largest absolute Gasteiger partial charge is 0.456 e. The van der Waals surface area contributed by atoms with Crippen molar-refractivity contribution in [1.82, 2.24) is 9.38 Å². The van der Waals surface area contributed by atoms with Crippen molar-refractivity contribution in [3.8, 4) is 0 Å². The molecule has 0 aliphatic heterocycles. The average molecular weight is 305 g/mol.